The third kappa shape index (κ3) is 4.85. The van der Waals surface area contributed by atoms with E-state index >= 15 is 0 Å². The normalized spacial score (nSPS) is 11.0. The molecule has 0 fully saturated rings. The van der Waals surface area contributed by atoms with E-state index in [0.717, 1.165) is 0 Å². The van der Waals surface area contributed by atoms with E-state index in [1.807, 2.05) is 26.8 Å². The van der Waals surface area contributed by atoms with Crippen molar-refractivity contribution >= 4 is 11.8 Å². The van der Waals surface area contributed by atoms with Gasteiger partial charge in [0.1, 0.15) is 24.7 Å². The molecule has 0 unspecified atom stereocenters. The molecule has 0 amide bonds. The predicted molar refractivity (Wildman–Crippen MR) is 98.5 cm³/mol. The molecule has 2 aromatic rings. The van der Waals surface area contributed by atoms with E-state index in [4.69, 9.17) is 9.47 Å². The first kappa shape index (κ1) is 19.5. The van der Waals surface area contributed by atoms with Crippen LogP contribution >= 0.6 is 0 Å². The van der Waals surface area contributed by atoms with Crippen LogP contribution in [0.4, 0.5) is 0 Å². The average Bonchev–Trinajstić information content (AvgIpc) is 2.65. The summed E-state index contributed by atoms with van der Waals surface area (Å²) in [5.41, 5.74) is 0.194. The summed E-state index contributed by atoms with van der Waals surface area (Å²) in [5, 5.41) is 10.1. The van der Waals surface area contributed by atoms with E-state index in [1.54, 1.807) is 30.3 Å². The zero-order valence-electron chi connectivity index (χ0n) is 15.3. The Morgan fingerprint density at radius 3 is 2.35 bits per heavy atom. The number of benzene rings is 2. The molecule has 0 aromatic heterocycles. The summed E-state index contributed by atoms with van der Waals surface area (Å²) >= 11 is 0. The minimum Gasteiger partial charge on any atom is -0.507 e. The summed E-state index contributed by atoms with van der Waals surface area (Å²) in [7, 11) is 0. The SMILES string of the molecule is CCC(C)(C)C(=O)OCCOc1ccc(C(=O)c2ccccc2)c(O)c1. The largest absolute Gasteiger partial charge is 0.507 e. The van der Waals surface area contributed by atoms with E-state index in [1.165, 1.54) is 12.1 Å². The number of phenols is 1. The molecule has 0 radical (unpaired) electrons. The quantitative estimate of drug-likeness (QED) is 0.440. The van der Waals surface area contributed by atoms with Crippen LogP contribution in [0.2, 0.25) is 0 Å². The molecule has 1 N–H and O–H groups in total. The summed E-state index contributed by atoms with van der Waals surface area (Å²) in [6.07, 6.45) is 0.692. The van der Waals surface area contributed by atoms with Crippen molar-refractivity contribution in [1.29, 1.82) is 0 Å². The zero-order chi connectivity index (χ0) is 19.2. The molecule has 138 valence electrons. The third-order valence-corrected chi connectivity index (χ3v) is 4.27. The Morgan fingerprint density at radius 2 is 1.73 bits per heavy atom. The predicted octanol–water partition coefficient (Wildman–Crippen LogP) is 3.98. The number of carbonyl (C=O) groups is 2. The number of ketones is 1. The van der Waals surface area contributed by atoms with Crippen LogP contribution in [0.5, 0.6) is 11.5 Å². The Kier molecular flexibility index (Phi) is 6.39. The minimum atomic E-state index is -0.516. The lowest BCUT2D eigenvalue weighted by molar-refractivity contribution is -0.154. The van der Waals surface area contributed by atoms with Crippen molar-refractivity contribution < 1.29 is 24.2 Å². The lowest BCUT2D eigenvalue weighted by atomic mass is 9.91. The monoisotopic (exact) mass is 356 g/mol. The topological polar surface area (TPSA) is 72.8 Å². The van der Waals surface area contributed by atoms with Gasteiger partial charge in [0.25, 0.3) is 0 Å². The average molecular weight is 356 g/mol. The number of esters is 1. The highest BCUT2D eigenvalue weighted by molar-refractivity contribution is 6.10. The van der Waals surface area contributed by atoms with Gasteiger partial charge in [-0.05, 0) is 32.4 Å². The second kappa shape index (κ2) is 8.52. The lowest BCUT2D eigenvalue weighted by Crippen LogP contribution is -2.27. The van der Waals surface area contributed by atoms with E-state index in [9.17, 15) is 14.7 Å². The summed E-state index contributed by atoms with van der Waals surface area (Å²) < 4.78 is 10.7. The summed E-state index contributed by atoms with van der Waals surface area (Å²) in [6.45, 7) is 5.87. The van der Waals surface area contributed by atoms with Crippen LogP contribution < -0.4 is 4.74 Å². The maximum absolute atomic E-state index is 12.4. The van der Waals surface area contributed by atoms with E-state index in [0.29, 0.717) is 17.7 Å². The van der Waals surface area contributed by atoms with Crippen molar-refractivity contribution in [2.75, 3.05) is 13.2 Å². The van der Waals surface area contributed by atoms with Crippen molar-refractivity contribution in [2.45, 2.75) is 27.2 Å². The van der Waals surface area contributed by atoms with Gasteiger partial charge in [-0.1, -0.05) is 37.3 Å². The first-order valence-corrected chi connectivity index (χ1v) is 8.58. The maximum atomic E-state index is 12.4. The Hall–Kier alpha value is -2.82. The number of carbonyl (C=O) groups excluding carboxylic acids is 2. The second-order valence-electron chi connectivity index (χ2n) is 6.60. The standard InChI is InChI=1S/C21H24O5/c1-4-21(2,3)20(24)26-13-12-25-16-10-11-17(18(22)14-16)19(23)15-8-6-5-7-9-15/h5-11,14,22H,4,12-13H2,1-3H3. The Bertz CT molecular complexity index is 765. The van der Waals surface area contributed by atoms with Gasteiger partial charge < -0.3 is 14.6 Å². The summed E-state index contributed by atoms with van der Waals surface area (Å²) in [4.78, 5) is 24.2. The van der Waals surface area contributed by atoms with Crippen LogP contribution in [-0.4, -0.2) is 30.1 Å². The molecule has 0 saturated carbocycles. The van der Waals surface area contributed by atoms with E-state index in [-0.39, 0.29) is 36.3 Å². The van der Waals surface area contributed by atoms with Gasteiger partial charge in [0.2, 0.25) is 0 Å². The van der Waals surface area contributed by atoms with Gasteiger partial charge in [-0.25, -0.2) is 0 Å². The number of ether oxygens (including phenoxy) is 2. The fraction of sp³-hybridized carbons (Fsp3) is 0.333. The minimum absolute atomic E-state index is 0.119. The van der Waals surface area contributed by atoms with Crippen molar-refractivity contribution in [1.82, 2.24) is 0 Å². The molecule has 0 heterocycles. The number of aromatic hydroxyl groups is 1. The molecule has 0 spiro atoms. The van der Waals surface area contributed by atoms with Gasteiger partial charge >= 0.3 is 5.97 Å². The highest BCUT2D eigenvalue weighted by Gasteiger charge is 2.26. The fourth-order valence-corrected chi connectivity index (χ4v) is 2.17. The van der Waals surface area contributed by atoms with Crippen LogP contribution in [-0.2, 0) is 9.53 Å². The molecule has 0 aliphatic heterocycles. The fourth-order valence-electron chi connectivity index (χ4n) is 2.17. The molecule has 2 aromatic carbocycles. The Labute approximate surface area is 153 Å². The van der Waals surface area contributed by atoms with Crippen molar-refractivity contribution in [3.05, 3.63) is 59.7 Å². The van der Waals surface area contributed by atoms with E-state index in [2.05, 4.69) is 0 Å². The highest BCUT2D eigenvalue weighted by atomic mass is 16.6. The molecule has 0 aliphatic carbocycles. The van der Waals surface area contributed by atoms with Gasteiger partial charge in [-0.15, -0.1) is 0 Å². The van der Waals surface area contributed by atoms with Gasteiger partial charge in [0.05, 0.1) is 11.0 Å². The first-order valence-electron chi connectivity index (χ1n) is 8.58. The molecular formula is C21H24O5. The van der Waals surface area contributed by atoms with Crippen molar-refractivity contribution in [3.63, 3.8) is 0 Å². The summed E-state index contributed by atoms with van der Waals surface area (Å²) in [5.74, 6) is -0.279. The molecule has 0 atom stereocenters. The van der Waals surface area contributed by atoms with Crippen LogP contribution in [0.15, 0.2) is 48.5 Å². The zero-order valence-corrected chi connectivity index (χ0v) is 15.3. The molecule has 5 nitrogen and oxygen atoms in total. The second-order valence-corrected chi connectivity index (χ2v) is 6.60. The van der Waals surface area contributed by atoms with Crippen molar-refractivity contribution in [2.24, 2.45) is 5.41 Å². The Morgan fingerprint density at radius 1 is 1.04 bits per heavy atom. The van der Waals surface area contributed by atoms with Gasteiger partial charge in [-0.2, -0.15) is 0 Å². The van der Waals surface area contributed by atoms with Crippen LogP contribution in [0.25, 0.3) is 0 Å². The van der Waals surface area contributed by atoms with E-state index < -0.39 is 5.41 Å². The van der Waals surface area contributed by atoms with Crippen molar-refractivity contribution in [3.8, 4) is 11.5 Å². The molecular weight excluding hydrogens is 332 g/mol. The number of phenolic OH excluding ortho intramolecular Hbond substituents is 1. The number of rotatable bonds is 8. The van der Waals surface area contributed by atoms with Gasteiger partial charge in [0.15, 0.2) is 5.78 Å². The van der Waals surface area contributed by atoms with Crippen LogP contribution in [0, 0.1) is 5.41 Å². The molecule has 0 aliphatic rings. The smallest absolute Gasteiger partial charge is 0.311 e. The number of hydrogen-bond donors (Lipinski definition) is 1. The molecule has 26 heavy (non-hydrogen) atoms. The molecule has 5 heteroatoms. The molecule has 0 bridgehead atoms. The first-order chi connectivity index (χ1) is 12.3. The van der Waals surface area contributed by atoms with Gasteiger partial charge in [0, 0.05) is 11.6 Å². The molecule has 0 saturated heterocycles. The molecule has 2 rings (SSSR count). The third-order valence-electron chi connectivity index (χ3n) is 4.27. The lowest BCUT2D eigenvalue weighted by Gasteiger charge is -2.20. The van der Waals surface area contributed by atoms with Crippen LogP contribution in [0.1, 0.15) is 43.1 Å². The Balaban J connectivity index is 1.92. The van der Waals surface area contributed by atoms with Crippen LogP contribution in [0.3, 0.4) is 0 Å². The maximum Gasteiger partial charge on any atom is 0.311 e. The van der Waals surface area contributed by atoms with Gasteiger partial charge in [-0.3, -0.25) is 9.59 Å². The summed E-state index contributed by atoms with van der Waals surface area (Å²) in [6, 6.07) is 13.2. The highest BCUT2D eigenvalue weighted by Crippen LogP contribution is 2.26. The number of hydrogen-bond acceptors (Lipinski definition) is 5.